The van der Waals surface area contributed by atoms with Gasteiger partial charge in [0.1, 0.15) is 0 Å². The van der Waals surface area contributed by atoms with Crippen molar-refractivity contribution in [3.8, 4) is 6.07 Å². The lowest BCUT2D eigenvalue weighted by molar-refractivity contribution is 0.674. The summed E-state index contributed by atoms with van der Waals surface area (Å²) < 4.78 is 0. The van der Waals surface area contributed by atoms with Crippen molar-refractivity contribution in [3.63, 3.8) is 0 Å². The van der Waals surface area contributed by atoms with Gasteiger partial charge >= 0.3 is 0 Å². The van der Waals surface area contributed by atoms with E-state index in [2.05, 4.69) is 44.3 Å². The topological polar surface area (TPSA) is 35.8 Å². The summed E-state index contributed by atoms with van der Waals surface area (Å²) in [5, 5.41) is 12.2. The fraction of sp³-hybridized carbons (Fsp3) is 0.500. The van der Waals surface area contributed by atoms with Gasteiger partial charge in [0, 0.05) is 12.2 Å². The molecule has 0 aliphatic heterocycles. The van der Waals surface area contributed by atoms with Crippen LogP contribution in [0, 0.1) is 38.0 Å². The first-order valence-corrected chi connectivity index (χ1v) is 5.79. The SMILES string of the molecule is CCC(C#N)CNc1cc(C)c(C)cc1C. The van der Waals surface area contributed by atoms with Gasteiger partial charge in [-0.1, -0.05) is 13.0 Å². The molecule has 1 aromatic rings. The molecule has 0 aliphatic carbocycles. The molecule has 1 atom stereocenters. The molecule has 0 heterocycles. The van der Waals surface area contributed by atoms with Crippen LogP contribution >= 0.6 is 0 Å². The molecule has 0 amide bonds. The van der Waals surface area contributed by atoms with Crippen LogP contribution < -0.4 is 5.32 Å². The molecular weight excluding hydrogens is 196 g/mol. The second kappa shape index (κ2) is 5.55. The van der Waals surface area contributed by atoms with Crippen molar-refractivity contribution in [1.29, 1.82) is 5.26 Å². The zero-order chi connectivity index (χ0) is 12.1. The second-order valence-electron chi connectivity index (χ2n) is 4.37. The number of nitrogens with one attached hydrogen (secondary N) is 1. The minimum absolute atomic E-state index is 0.0982. The van der Waals surface area contributed by atoms with Crippen LogP contribution in [0.4, 0.5) is 5.69 Å². The molecular formula is C14H20N2. The maximum Gasteiger partial charge on any atom is 0.0674 e. The fourth-order valence-corrected chi connectivity index (χ4v) is 1.67. The third-order valence-electron chi connectivity index (χ3n) is 3.05. The molecule has 0 bridgehead atoms. The van der Waals surface area contributed by atoms with Crippen LogP contribution in [0.1, 0.15) is 30.0 Å². The third kappa shape index (κ3) is 3.00. The Labute approximate surface area is 98.3 Å². The average molecular weight is 216 g/mol. The summed E-state index contributed by atoms with van der Waals surface area (Å²) >= 11 is 0. The number of hydrogen-bond acceptors (Lipinski definition) is 2. The zero-order valence-corrected chi connectivity index (χ0v) is 10.6. The Balaban J connectivity index is 2.75. The van der Waals surface area contributed by atoms with Gasteiger partial charge in [0.05, 0.1) is 12.0 Å². The van der Waals surface area contributed by atoms with Crippen molar-refractivity contribution in [2.45, 2.75) is 34.1 Å². The quantitative estimate of drug-likeness (QED) is 0.835. The van der Waals surface area contributed by atoms with Crippen LogP contribution in [0.25, 0.3) is 0 Å². The highest BCUT2D eigenvalue weighted by Crippen LogP contribution is 2.20. The summed E-state index contributed by atoms with van der Waals surface area (Å²) in [6.45, 7) is 9.11. The molecule has 1 unspecified atom stereocenters. The number of benzene rings is 1. The molecule has 1 N–H and O–H groups in total. The first-order chi connectivity index (χ1) is 7.58. The number of hydrogen-bond donors (Lipinski definition) is 1. The van der Waals surface area contributed by atoms with Gasteiger partial charge in [-0.15, -0.1) is 0 Å². The first-order valence-electron chi connectivity index (χ1n) is 5.79. The molecule has 0 fully saturated rings. The van der Waals surface area contributed by atoms with Gasteiger partial charge in [-0.25, -0.2) is 0 Å². The lowest BCUT2D eigenvalue weighted by Crippen LogP contribution is -2.12. The summed E-state index contributed by atoms with van der Waals surface area (Å²) in [4.78, 5) is 0. The van der Waals surface area contributed by atoms with E-state index >= 15 is 0 Å². The van der Waals surface area contributed by atoms with Gasteiger partial charge in [0.2, 0.25) is 0 Å². The molecule has 0 aliphatic rings. The summed E-state index contributed by atoms with van der Waals surface area (Å²) in [6.07, 6.45) is 0.896. The van der Waals surface area contributed by atoms with E-state index in [1.165, 1.54) is 16.7 Å². The van der Waals surface area contributed by atoms with E-state index in [-0.39, 0.29) is 5.92 Å². The van der Waals surface area contributed by atoms with Crippen LogP contribution in [0.3, 0.4) is 0 Å². The Bertz CT molecular complexity index is 402. The van der Waals surface area contributed by atoms with Crippen molar-refractivity contribution in [3.05, 3.63) is 28.8 Å². The highest BCUT2D eigenvalue weighted by Gasteiger charge is 2.06. The minimum Gasteiger partial charge on any atom is -0.384 e. The molecule has 0 saturated heterocycles. The fourth-order valence-electron chi connectivity index (χ4n) is 1.67. The normalized spacial score (nSPS) is 11.9. The van der Waals surface area contributed by atoms with Crippen molar-refractivity contribution in [2.75, 3.05) is 11.9 Å². The second-order valence-corrected chi connectivity index (χ2v) is 4.37. The Morgan fingerprint density at radius 2 is 1.81 bits per heavy atom. The Kier molecular flexibility index (Phi) is 4.37. The monoisotopic (exact) mass is 216 g/mol. The molecule has 86 valence electrons. The van der Waals surface area contributed by atoms with Gasteiger partial charge in [0.25, 0.3) is 0 Å². The number of nitrogens with zero attached hydrogens (tertiary/aromatic N) is 1. The van der Waals surface area contributed by atoms with E-state index in [4.69, 9.17) is 5.26 Å². The lowest BCUT2D eigenvalue weighted by atomic mass is 10.0. The van der Waals surface area contributed by atoms with Crippen molar-refractivity contribution in [1.82, 2.24) is 0 Å². The van der Waals surface area contributed by atoms with Gasteiger partial charge in [-0.05, 0) is 49.9 Å². The molecule has 0 spiro atoms. The van der Waals surface area contributed by atoms with Crippen LogP contribution in [-0.2, 0) is 0 Å². The maximum absolute atomic E-state index is 8.88. The third-order valence-corrected chi connectivity index (χ3v) is 3.05. The molecule has 0 radical (unpaired) electrons. The predicted molar refractivity (Wildman–Crippen MR) is 68.5 cm³/mol. The van der Waals surface area contributed by atoms with E-state index in [0.717, 1.165) is 18.7 Å². The van der Waals surface area contributed by atoms with E-state index in [1.54, 1.807) is 0 Å². The van der Waals surface area contributed by atoms with E-state index in [9.17, 15) is 0 Å². The molecule has 1 rings (SSSR count). The standard InChI is InChI=1S/C14H20N2/c1-5-13(8-15)9-16-14-7-11(3)10(2)6-12(14)4/h6-7,13,16H,5,9H2,1-4H3. The van der Waals surface area contributed by atoms with Gasteiger partial charge in [-0.2, -0.15) is 5.26 Å². The summed E-state index contributed by atoms with van der Waals surface area (Å²) in [5.74, 6) is 0.0982. The number of nitriles is 1. The molecule has 2 nitrogen and oxygen atoms in total. The van der Waals surface area contributed by atoms with Crippen LogP contribution in [0.15, 0.2) is 12.1 Å². The molecule has 16 heavy (non-hydrogen) atoms. The number of rotatable bonds is 4. The molecule has 0 saturated carbocycles. The zero-order valence-electron chi connectivity index (χ0n) is 10.6. The molecule has 1 aromatic carbocycles. The Morgan fingerprint density at radius 1 is 1.19 bits per heavy atom. The highest BCUT2D eigenvalue weighted by molar-refractivity contribution is 5.54. The largest absolute Gasteiger partial charge is 0.384 e. The number of anilines is 1. The van der Waals surface area contributed by atoms with E-state index in [1.807, 2.05) is 6.92 Å². The Hall–Kier alpha value is -1.49. The van der Waals surface area contributed by atoms with Gasteiger partial charge in [0.15, 0.2) is 0 Å². The predicted octanol–water partition coefficient (Wildman–Crippen LogP) is 3.57. The van der Waals surface area contributed by atoms with Crippen molar-refractivity contribution in [2.24, 2.45) is 5.92 Å². The van der Waals surface area contributed by atoms with Gasteiger partial charge < -0.3 is 5.32 Å². The van der Waals surface area contributed by atoms with Crippen molar-refractivity contribution >= 4 is 5.69 Å². The van der Waals surface area contributed by atoms with Crippen LogP contribution in [-0.4, -0.2) is 6.54 Å². The minimum atomic E-state index is 0.0982. The highest BCUT2D eigenvalue weighted by atomic mass is 14.9. The smallest absolute Gasteiger partial charge is 0.0674 e. The summed E-state index contributed by atoms with van der Waals surface area (Å²) in [7, 11) is 0. The van der Waals surface area contributed by atoms with Crippen LogP contribution in [0.5, 0.6) is 0 Å². The van der Waals surface area contributed by atoms with Crippen molar-refractivity contribution < 1.29 is 0 Å². The van der Waals surface area contributed by atoms with E-state index in [0.29, 0.717) is 0 Å². The van der Waals surface area contributed by atoms with E-state index < -0.39 is 0 Å². The maximum atomic E-state index is 8.88. The Morgan fingerprint density at radius 3 is 2.38 bits per heavy atom. The molecule has 0 aromatic heterocycles. The first kappa shape index (κ1) is 12.6. The van der Waals surface area contributed by atoms with Gasteiger partial charge in [-0.3, -0.25) is 0 Å². The summed E-state index contributed by atoms with van der Waals surface area (Å²) in [5.41, 5.74) is 5.00. The van der Waals surface area contributed by atoms with Crippen LogP contribution in [0.2, 0.25) is 0 Å². The average Bonchev–Trinajstić information content (AvgIpc) is 2.26. The number of aryl methyl sites for hydroxylation is 3. The molecule has 2 heteroatoms. The summed E-state index contributed by atoms with van der Waals surface area (Å²) in [6, 6.07) is 6.65. The lowest BCUT2D eigenvalue weighted by Gasteiger charge is -2.14.